The van der Waals surface area contributed by atoms with E-state index >= 15 is 0 Å². The quantitative estimate of drug-likeness (QED) is 0.250. The number of methoxy groups -OCH3 is 1. The Bertz CT molecular complexity index is 1230. The third kappa shape index (κ3) is 5.90. The highest BCUT2D eigenvalue weighted by Crippen LogP contribution is 2.34. The number of nitrogens with zero attached hydrogens (tertiary/aromatic N) is 3. The number of allylic oxidation sites excluding steroid dienone is 1. The van der Waals surface area contributed by atoms with Crippen molar-refractivity contribution in [3.05, 3.63) is 74.8 Å². The second-order valence-electron chi connectivity index (χ2n) is 8.03. The van der Waals surface area contributed by atoms with Gasteiger partial charge in [0, 0.05) is 16.5 Å². The molecule has 0 spiro atoms. The van der Waals surface area contributed by atoms with Gasteiger partial charge in [-0.1, -0.05) is 35.4 Å². The third-order valence-electron chi connectivity index (χ3n) is 5.04. The van der Waals surface area contributed by atoms with E-state index in [4.69, 9.17) is 14.5 Å². The Kier molecular flexibility index (Phi) is 8.44. The molecule has 6 nitrogen and oxygen atoms in total. The maximum absolute atomic E-state index is 13.3. The minimum absolute atomic E-state index is 0.00433. The summed E-state index contributed by atoms with van der Waals surface area (Å²) >= 11 is 3.44. The molecule has 0 fully saturated rings. The fourth-order valence-corrected chi connectivity index (χ4v) is 3.88. The van der Waals surface area contributed by atoms with E-state index < -0.39 is 0 Å². The zero-order chi connectivity index (χ0) is 24.0. The monoisotopic (exact) mass is 511 g/mol. The summed E-state index contributed by atoms with van der Waals surface area (Å²) in [5.41, 5.74) is 2.22. The number of ether oxygens (including phenoxy) is 2. The van der Waals surface area contributed by atoms with Gasteiger partial charge in [-0.3, -0.25) is 4.79 Å². The molecule has 1 heterocycles. The van der Waals surface area contributed by atoms with E-state index in [1.165, 1.54) is 4.68 Å². The Balaban J connectivity index is 2.12. The normalized spacial score (nSPS) is 11.5. The first-order valence-corrected chi connectivity index (χ1v) is 11.9. The van der Waals surface area contributed by atoms with E-state index in [2.05, 4.69) is 34.5 Å². The van der Waals surface area contributed by atoms with Gasteiger partial charge in [-0.2, -0.15) is 9.78 Å². The molecular formula is C26H30BrN3O3. The third-order valence-corrected chi connectivity index (χ3v) is 5.54. The van der Waals surface area contributed by atoms with E-state index in [9.17, 15) is 4.79 Å². The largest absolute Gasteiger partial charge is 0.493 e. The van der Waals surface area contributed by atoms with Gasteiger partial charge in [0.05, 0.1) is 30.3 Å². The number of fused-ring (bicyclic) bond motifs is 1. The molecular weight excluding hydrogens is 482 g/mol. The Labute approximate surface area is 203 Å². The number of unbranched alkanes of at least 4 members (excludes halogenated alkanes) is 1. The number of rotatable bonds is 10. The van der Waals surface area contributed by atoms with Crippen molar-refractivity contribution in [2.75, 3.05) is 7.11 Å². The van der Waals surface area contributed by atoms with Crippen molar-refractivity contribution in [3.63, 3.8) is 0 Å². The molecule has 0 aliphatic heterocycles. The van der Waals surface area contributed by atoms with Crippen molar-refractivity contribution in [2.24, 2.45) is 5.10 Å². The standard InChI is InChI=1S/C26H30BrN3O3/c1-6-8-10-24-29-22-12-11-20(27)15-21(22)26(31)30(24)28-16-18-13-19(9-7-2)25(33-17(3)4)23(14-18)32-5/h7,11-17H,2,6,8-10H2,1,3-5H3. The van der Waals surface area contributed by atoms with Crippen molar-refractivity contribution in [1.29, 1.82) is 0 Å². The van der Waals surface area contributed by atoms with Crippen molar-refractivity contribution in [1.82, 2.24) is 9.66 Å². The minimum Gasteiger partial charge on any atom is -0.493 e. The second kappa shape index (κ2) is 11.3. The first kappa shape index (κ1) is 24.7. The summed E-state index contributed by atoms with van der Waals surface area (Å²) in [7, 11) is 1.61. The summed E-state index contributed by atoms with van der Waals surface area (Å²) < 4.78 is 13.8. The van der Waals surface area contributed by atoms with Crippen LogP contribution in [0.3, 0.4) is 0 Å². The number of hydrogen-bond acceptors (Lipinski definition) is 5. The molecule has 0 unspecified atom stereocenters. The lowest BCUT2D eigenvalue weighted by Crippen LogP contribution is -2.22. The average Bonchev–Trinajstić information content (AvgIpc) is 2.78. The number of halogens is 1. The van der Waals surface area contributed by atoms with E-state index in [1.807, 2.05) is 44.2 Å². The van der Waals surface area contributed by atoms with Gasteiger partial charge in [0.1, 0.15) is 5.82 Å². The van der Waals surface area contributed by atoms with Crippen LogP contribution < -0.4 is 15.0 Å². The second-order valence-corrected chi connectivity index (χ2v) is 8.94. The molecule has 0 amide bonds. The van der Waals surface area contributed by atoms with Gasteiger partial charge in [-0.25, -0.2) is 4.98 Å². The summed E-state index contributed by atoms with van der Waals surface area (Å²) in [5.74, 6) is 1.96. The molecule has 2 aromatic carbocycles. The van der Waals surface area contributed by atoms with Crippen molar-refractivity contribution in [2.45, 2.75) is 52.6 Å². The molecule has 0 radical (unpaired) electrons. The number of aryl methyl sites for hydroxylation is 1. The summed E-state index contributed by atoms with van der Waals surface area (Å²) in [6.45, 7) is 9.91. The van der Waals surface area contributed by atoms with E-state index in [0.29, 0.717) is 41.1 Å². The lowest BCUT2D eigenvalue weighted by atomic mass is 10.1. The maximum atomic E-state index is 13.3. The zero-order valence-electron chi connectivity index (χ0n) is 19.6. The predicted octanol–water partition coefficient (Wildman–Crippen LogP) is 5.91. The zero-order valence-corrected chi connectivity index (χ0v) is 21.2. The summed E-state index contributed by atoms with van der Waals surface area (Å²) in [6.07, 6.45) is 6.69. The van der Waals surface area contributed by atoms with Gasteiger partial charge < -0.3 is 9.47 Å². The number of aromatic nitrogens is 2. The molecule has 1 aromatic heterocycles. The van der Waals surface area contributed by atoms with Gasteiger partial charge in [0.15, 0.2) is 11.5 Å². The lowest BCUT2D eigenvalue weighted by molar-refractivity contribution is 0.228. The molecule has 3 aromatic rings. The van der Waals surface area contributed by atoms with Crippen LogP contribution in [-0.4, -0.2) is 29.1 Å². The van der Waals surface area contributed by atoms with Crippen LogP contribution in [0.2, 0.25) is 0 Å². The number of hydrogen-bond donors (Lipinski definition) is 0. The van der Waals surface area contributed by atoms with Crippen LogP contribution >= 0.6 is 15.9 Å². The van der Waals surface area contributed by atoms with Crippen LogP contribution in [0, 0.1) is 0 Å². The fraction of sp³-hybridized carbons (Fsp3) is 0.346. The van der Waals surface area contributed by atoms with Gasteiger partial charge >= 0.3 is 0 Å². The Morgan fingerprint density at radius 3 is 2.73 bits per heavy atom. The summed E-state index contributed by atoms with van der Waals surface area (Å²) in [6, 6.07) is 9.36. The summed E-state index contributed by atoms with van der Waals surface area (Å²) in [4.78, 5) is 18.0. The smallest absolute Gasteiger partial charge is 0.282 e. The minimum atomic E-state index is -0.193. The van der Waals surface area contributed by atoms with Crippen LogP contribution in [0.15, 0.2) is 57.4 Å². The Morgan fingerprint density at radius 1 is 1.27 bits per heavy atom. The molecule has 0 atom stereocenters. The molecule has 0 saturated carbocycles. The molecule has 0 bridgehead atoms. The summed E-state index contributed by atoms with van der Waals surface area (Å²) in [5, 5.41) is 5.08. The SMILES string of the molecule is C=CCc1cc(C=Nn2c(CCCC)nc3ccc(Br)cc3c2=O)cc(OC)c1OC(C)C. The van der Waals surface area contributed by atoms with Gasteiger partial charge in [-0.15, -0.1) is 6.58 Å². The van der Waals surface area contributed by atoms with Gasteiger partial charge in [0.2, 0.25) is 0 Å². The molecule has 174 valence electrons. The molecule has 33 heavy (non-hydrogen) atoms. The molecule has 7 heteroatoms. The average molecular weight is 512 g/mol. The molecule has 0 aliphatic rings. The molecule has 0 N–H and O–H groups in total. The van der Waals surface area contributed by atoms with Crippen LogP contribution in [0.1, 0.15) is 50.6 Å². The van der Waals surface area contributed by atoms with E-state index in [1.54, 1.807) is 19.4 Å². The number of benzene rings is 2. The highest BCUT2D eigenvalue weighted by molar-refractivity contribution is 9.10. The first-order chi connectivity index (χ1) is 15.9. The maximum Gasteiger partial charge on any atom is 0.282 e. The Hall–Kier alpha value is -2.93. The van der Waals surface area contributed by atoms with Crippen molar-refractivity contribution < 1.29 is 9.47 Å². The van der Waals surface area contributed by atoms with Gasteiger partial charge in [0.25, 0.3) is 5.56 Å². The predicted molar refractivity (Wildman–Crippen MR) is 138 cm³/mol. The van der Waals surface area contributed by atoms with Crippen LogP contribution in [0.25, 0.3) is 10.9 Å². The van der Waals surface area contributed by atoms with Crippen molar-refractivity contribution >= 4 is 33.0 Å². The van der Waals surface area contributed by atoms with Crippen molar-refractivity contribution in [3.8, 4) is 11.5 Å². The van der Waals surface area contributed by atoms with Crippen LogP contribution in [0.4, 0.5) is 0 Å². The topological polar surface area (TPSA) is 65.7 Å². The first-order valence-electron chi connectivity index (χ1n) is 11.1. The fourth-order valence-electron chi connectivity index (χ4n) is 3.52. The molecule has 0 aliphatic carbocycles. The van der Waals surface area contributed by atoms with Crippen LogP contribution in [-0.2, 0) is 12.8 Å². The van der Waals surface area contributed by atoms with Gasteiger partial charge in [-0.05, 0) is 62.6 Å². The molecule has 0 saturated heterocycles. The lowest BCUT2D eigenvalue weighted by Gasteiger charge is -2.18. The highest BCUT2D eigenvalue weighted by Gasteiger charge is 2.15. The molecule has 3 rings (SSSR count). The highest BCUT2D eigenvalue weighted by atomic mass is 79.9. The van der Waals surface area contributed by atoms with E-state index in [-0.39, 0.29) is 11.7 Å². The Morgan fingerprint density at radius 2 is 2.06 bits per heavy atom. The van der Waals surface area contributed by atoms with Crippen LogP contribution in [0.5, 0.6) is 11.5 Å². The van der Waals surface area contributed by atoms with E-state index in [0.717, 1.165) is 28.4 Å².